The highest BCUT2D eigenvalue weighted by Crippen LogP contribution is 2.37. The van der Waals surface area contributed by atoms with E-state index in [2.05, 4.69) is 51.7 Å². The van der Waals surface area contributed by atoms with Gasteiger partial charge < -0.3 is 56.7 Å². The van der Waals surface area contributed by atoms with Crippen LogP contribution in [0.2, 0.25) is 0 Å². The first kappa shape index (κ1) is 61.4. The Morgan fingerprint density at radius 2 is 1.41 bits per heavy atom. The number of likely N-dealkylation sites (tertiary alicyclic amines) is 1. The summed E-state index contributed by atoms with van der Waals surface area (Å²) in [6, 6.07) is 12.6. The molecule has 4 aromatic rings. The van der Waals surface area contributed by atoms with Crippen molar-refractivity contribution in [2.75, 3.05) is 122 Å². The number of benzene rings is 1. The molecule has 24 heteroatoms. The largest absolute Gasteiger partial charge is 0.382 e. The summed E-state index contributed by atoms with van der Waals surface area (Å²) >= 11 is 1.90. The highest BCUT2D eigenvalue weighted by Gasteiger charge is 2.42. The molecule has 7 heterocycles. The van der Waals surface area contributed by atoms with Gasteiger partial charge >= 0.3 is 6.03 Å². The van der Waals surface area contributed by atoms with Gasteiger partial charge in [-0.3, -0.25) is 38.2 Å². The smallest absolute Gasteiger partial charge is 0.315 e. The summed E-state index contributed by atoms with van der Waals surface area (Å²) in [5.41, 5.74) is 8.99. The minimum absolute atomic E-state index is 0.0614. The second-order valence-corrected chi connectivity index (χ2v) is 22.3. The summed E-state index contributed by atoms with van der Waals surface area (Å²) < 4.78 is 18.7. The van der Waals surface area contributed by atoms with Crippen molar-refractivity contribution in [2.24, 2.45) is 0 Å². The number of nitrogens with one attached hydrogen (secondary N) is 6. The zero-order valence-corrected chi connectivity index (χ0v) is 47.9. The van der Waals surface area contributed by atoms with Gasteiger partial charge in [0.15, 0.2) is 0 Å². The Labute approximate surface area is 484 Å². The van der Waals surface area contributed by atoms with Gasteiger partial charge in [-0.1, -0.05) is 30.7 Å². The topological polar surface area (TPSA) is 281 Å². The first-order valence-corrected chi connectivity index (χ1v) is 30.2. The zero-order valence-electron chi connectivity index (χ0n) is 47.0. The van der Waals surface area contributed by atoms with Crippen LogP contribution in [0, 0.1) is 0 Å². The van der Waals surface area contributed by atoms with Gasteiger partial charge in [0, 0.05) is 145 Å². The number of fused-ring (bicyclic) bond motifs is 2. The third-order valence-electron chi connectivity index (χ3n) is 15.1. The molecule has 0 radical (unpaired) electrons. The second-order valence-electron chi connectivity index (χ2n) is 21.0. The van der Waals surface area contributed by atoms with Crippen LogP contribution in [0.4, 0.5) is 16.4 Å². The Balaban J connectivity index is 0.604. The third-order valence-corrected chi connectivity index (χ3v) is 16.6. The van der Waals surface area contributed by atoms with Gasteiger partial charge in [-0.2, -0.15) is 11.8 Å². The summed E-state index contributed by atoms with van der Waals surface area (Å²) in [5.74, 6) is 2.03. The van der Waals surface area contributed by atoms with Crippen molar-refractivity contribution in [3.8, 4) is 11.3 Å². The maximum atomic E-state index is 13.9. The van der Waals surface area contributed by atoms with Crippen molar-refractivity contribution >= 4 is 64.5 Å². The molecule has 4 aliphatic rings. The normalized spacial score (nSPS) is 19.2. The number of nitrogen functional groups attached to an aromatic ring is 1. The number of imidazole rings is 1. The van der Waals surface area contributed by atoms with Crippen molar-refractivity contribution in [3.63, 3.8) is 0 Å². The van der Waals surface area contributed by atoms with E-state index in [9.17, 15) is 28.8 Å². The minimum Gasteiger partial charge on any atom is -0.382 e. The monoisotopic (exact) mass is 1150 g/mol. The molecule has 0 unspecified atom stereocenters. The fraction of sp³-hybridized carbons (Fsp3) is 0.569. The number of carbonyl (C=O) groups excluding carboxylic acids is 6. The third kappa shape index (κ3) is 18.9. The lowest BCUT2D eigenvalue weighted by molar-refractivity contribution is -0.130. The molecule has 444 valence electrons. The average Bonchev–Trinajstić information content (AvgIpc) is 3.71. The molecule has 4 aliphatic heterocycles. The number of anilines is 2. The summed E-state index contributed by atoms with van der Waals surface area (Å²) in [5, 5.41) is 18.1. The van der Waals surface area contributed by atoms with E-state index >= 15 is 0 Å². The molecule has 0 saturated carbocycles. The van der Waals surface area contributed by atoms with Gasteiger partial charge in [0.05, 0.1) is 44.6 Å². The number of aromatic nitrogens is 4. The van der Waals surface area contributed by atoms with E-state index in [1.54, 1.807) is 48.8 Å². The Hall–Kier alpha value is -6.70. The average molecular weight is 1150 g/mol. The summed E-state index contributed by atoms with van der Waals surface area (Å²) in [4.78, 5) is 95.6. The number of rotatable bonds is 33. The highest BCUT2D eigenvalue weighted by molar-refractivity contribution is 8.00. The molecule has 8 N–H and O–H groups in total. The number of hydrogen-bond acceptors (Lipinski definition) is 16. The zero-order chi connectivity index (χ0) is 57.3. The van der Waals surface area contributed by atoms with Crippen LogP contribution in [0.25, 0.3) is 16.8 Å². The fourth-order valence-corrected chi connectivity index (χ4v) is 12.2. The highest BCUT2D eigenvalue weighted by atomic mass is 32.2. The number of unbranched alkanes of at least 4 members (excludes halogenated alkanes) is 1. The predicted molar refractivity (Wildman–Crippen MR) is 314 cm³/mol. The maximum Gasteiger partial charge on any atom is 0.315 e. The lowest BCUT2D eigenvalue weighted by Gasteiger charge is -2.35. The molecule has 0 bridgehead atoms. The summed E-state index contributed by atoms with van der Waals surface area (Å²) in [7, 11) is 0. The first-order valence-electron chi connectivity index (χ1n) is 29.2. The Bertz CT molecular complexity index is 2730. The van der Waals surface area contributed by atoms with Crippen molar-refractivity contribution in [1.82, 2.24) is 60.6 Å². The van der Waals surface area contributed by atoms with Gasteiger partial charge in [-0.15, -0.1) is 0 Å². The van der Waals surface area contributed by atoms with Gasteiger partial charge in [0.2, 0.25) is 23.6 Å². The SMILES string of the molecule is Nc1nccn2c([C@@H]3CCCCN3C(=O)/C=C/CN3CCN(CCNC(=O)CCCC(=O)NCCCOCCOCCOCCCNC(=O)CCCC[C@@H]4SC[C@@H]5NC(=O)N[C@@H]54)CC3)nc(-c3ccc(C(=O)Nc4ccccn4)cc3)c12. The molecule has 23 nitrogen and oxygen atoms in total. The molecular weight excluding hydrogens is 1070 g/mol. The second kappa shape index (κ2) is 32.8. The standard InChI is InChI=1S/C58H82N14O9S/c59-55-54-52(42-18-20-43(21-19-42)57(77)66-47-13-3-5-22-60-47)67-56(72(54)30-26-64-55)45-11-4-6-28-71(45)51(76)17-8-27-69-31-33-70(34-32-69)29-25-63-50(75)16-7-15-49(74)62-24-10-36-80-38-40-81-39-37-79-35-9-23-61-48(73)14-2-1-12-46-53-44(41-82-46)65-58(78)68-53/h3,5,8,13,17-22,26,30,44-46,53H,1-2,4,6-7,9-12,14-16,23-25,27-29,31-41H2,(H2,59,64)(H,61,73)(H,62,74)(H,63,75)(H,60,66,77)(H2,65,68,78)/b17-8+/t44-,45-,46-,53-/m0/s1. The van der Waals surface area contributed by atoms with E-state index in [-0.39, 0.29) is 60.1 Å². The number of hydrogen-bond donors (Lipinski definition) is 7. The lowest BCUT2D eigenvalue weighted by Crippen LogP contribution is -2.48. The summed E-state index contributed by atoms with van der Waals surface area (Å²) in [6.45, 7) is 9.89. The van der Waals surface area contributed by atoms with Crippen molar-refractivity contribution in [3.05, 3.63) is 84.6 Å². The Morgan fingerprint density at radius 3 is 2.12 bits per heavy atom. The van der Waals surface area contributed by atoms with Gasteiger partial charge in [0.1, 0.15) is 28.7 Å². The molecule has 0 spiro atoms. The van der Waals surface area contributed by atoms with Crippen LogP contribution in [0.1, 0.15) is 99.3 Å². The van der Waals surface area contributed by atoms with Crippen LogP contribution in [0.15, 0.2) is 73.2 Å². The Kier molecular flexibility index (Phi) is 24.6. The predicted octanol–water partition coefficient (Wildman–Crippen LogP) is 3.93. The van der Waals surface area contributed by atoms with Gasteiger partial charge in [0.25, 0.3) is 5.91 Å². The van der Waals surface area contributed by atoms with Crippen LogP contribution in [0.5, 0.6) is 0 Å². The van der Waals surface area contributed by atoms with Crippen molar-refractivity contribution < 1.29 is 43.0 Å². The molecule has 8 rings (SSSR count). The van der Waals surface area contributed by atoms with Crippen molar-refractivity contribution in [1.29, 1.82) is 0 Å². The number of nitrogens with two attached hydrogens (primary N) is 1. The van der Waals surface area contributed by atoms with Gasteiger partial charge in [-0.05, 0) is 75.6 Å². The fourth-order valence-electron chi connectivity index (χ4n) is 10.6. The number of amides is 7. The van der Waals surface area contributed by atoms with Crippen LogP contribution in [0.3, 0.4) is 0 Å². The van der Waals surface area contributed by atoms with E-state index in [1.807, 2.05) is 45.5 Å². The number of ether oxygens (including phenoxy) is 3. The first-order chi connectivity index (χ1) is 40.1. The minimum atomic E-state index is -0.277. The molecule has 4 fully saturated rings. The summed E-state index contributed by atoms with van der Waals surface area (Å²) in [6.07, 6.45) is 17.1. The number of thioether (sulfide) groups is 1. The quantitative estimate of drug-likeness (QED) is 0.0202. The molecular formula is C58H82N14O9S. The van der Waals surface area contributed by atoms with E-state index in [1.165, 1.54) is 0 Å². The molecule has 4 atom stereocenters. The van der Waals surface area contributed by atoms with E-state index in [0.29, 0.717) is 138 Å². The number of urea groups is 1. The van der Waals surface area contributed by atoms with E-state index < -0.39 is 0 Å². The molecule has 4 saturated heterocycles. The van der Waals surface area contributed by atoms with E-state index in [4.69, 9.17) is 24.9 Å². The Morgan fingerprint density at radius 1 is 0.732 bits per heavy atom. The van der Waals surface area contributed by atoms with Crippen LogP contribution in [-0.4, -0.2) is 198 Å². The molecule has 7 amide bonds. The van der Waals surface area contributed by atoms with Crippen LogP contribution in [-0.2, 0) is 33.4 Å². The number of piperidine rings is 1. The molecule has 82 heavy (non-hydrogen) atoms. The number of piperazine rings is 1. The maximum absolute atomic E-state index is 13.9. The molecule has 3 aromatic heterocycles. The number of nitrogens with zero attached hydrogens (tertiary/aromatic N) is 7. The van der Waals surface area contributed by atoms with Gasteiger partial charge in [-0.25, -0.2) is 19.7 Å². The lowest BCUT2D eigenvalue weighted by atomic mass is 10.0. The van der Waals surface area contributed by atoms with Crippen molar-refractivity contribution in [2.45, 2.75) is 100 Å². The van der Waals surface area contributed by atoms with Crippen LogP contribution < -0.4 is 37.6 Å². The number of pyridine rings is 1. The van der Waals surface area contributed by atoms with Crippen LogP contribution >= 0.6 is 11.8 Å². The molecule has 0 aliphatic carbocycles. The molecule has 1 aromatic carbocycles. The number of carbonyl (C=O) groups is 6. The van der Waals surface area contributed by atoms with E-state index in [0.717, 1.165) is 89.0 Å².